The maximum atomic E-state index is 5.76. The molecule has 3 aromatic heterocycles. The van der Waals surface area contributed by atoms with Crippen LogP contribution in [0.1, 0.15) is 33.2 Å². The van der Waals surface area contributed by atoms with Gasteiger partial charge in [-0.25, -0.2) is 19.9 Å². The molecule has 0 aromatic carbocycles. The predicted octanol–water partition coefficient (Wildman–Crippen LogP) is 1.82. The van der Waals surface area contributed by atoms with Gasteiger partial charge < -0.3 is 25.2 Å². The molecule has 1 unspecified atom stereocenters. The van der Waals surface area contributed by atoms with Crippen LogP contribution in [-0.4, -0.2) is 93.4 Å². The third-order valence-electron chi connectivity index (χ3n) is 6.88. The highest BCUT2D eigenvalue weighted by molar-refractivity contribution is 5.90. The molecule has 0 spiro atoms. The molecule has 1 atom stereocenters. The first-order chi connectivity index (χ1) is 16.6. The zero-order chi connectivity index (χ0) is 23.7. The van der Waals surface area contributed by atoms with Gasteiger partial charge in [-0.2, -0.15) is 4.98 Å². The van der Waals surface area contributed by atoms with Crippen molar-refractivity contribution in [1.82, 2.24) is 34.4 Å². The van der Waals surface area contributed by atoms with Crippen LogP contribution in [0.5, 0.6) is 0 Å². The van der Waals surface area contributed by atoms with Crippen molar-refractivity contribution < 1.29 is 4.74 Å². The molecule has 2 aliphatic heterocycles. The Bertz CT molecular complexity index is 1120. The van der Waals surface area contributed by atoms with Crippen molar-refractivity contribution in [3.05, 3.63) is 12.4 Å². The molecule has 0 radical (unpaired) electrons. The van der Waals surface area contributed by atoms with E-state index in [-0.39, 0.29) is 12.0 Å². The zero-order valence-corrected chi connectivity index (χ0v) is 20.3. The molecular weight excluding hydrogens is 432 g/mol. The SMILES string of the molecule is CCC(C)n1c(N2CCN(CC)CC2)nc2c(-c3cnc(N)nc3)nc(N3CCOCC3)nc21. The topological polar surface area (TPSA) is 114 Å². The Hall–Kier alpha value is -3.05. The lowest BCUT2D eigenvalue weighted by atomic mass is 10.2. The van der Waals surface area contributed by atoms with Gasteiger partial charge in [0.1, 0.15) is 11.2 Å². The molecule has 0 bridgehead atoms. The maximum Gasteiger partial charge on any atom is 0.228 e. The van der Waals surface area contributed by atoms with Crippen LogP contribution in [0.2, 0.25) is 0 Å². The van der Waals surface area contributed by atoms with Crippen LogP contribution in [0.3, 0.4) is 0 Å². The first-order valence-corrected chi connectivity index (χ1v) is 12.3. The minimum Gasteiger partial charge on any atom is -0.378 e. The summed E-state index contributed by atoms with van der Waals surface area (Å²) in [6.07, 6.45) is 4.41. The van der Waals surface area contributed by atoms with Gasteiger partial charge >= 0.3 is 0 Å². The summed E-state index contributed by atoms with van der Waals surface area (Å²) in [5.41, 5.74) is 8.91. The molecule has 0 aliphatic carbocycles. The lowest BCUT2D eigenvalue weighted by Crippen LogP contribution is -2.47. The van der Waals surface area contributed by atoms with Crippen molar-refractivity contribution in [3.8, 4) is 11.3 Å². The molecule has 2 aliphatic rings. The van der Waals surface area contributed by atoms with E-state index in [0.29, 0.717) is 19.2 Å². The molecule has 11 nitrogen and oxygen atoms in total. The summed E-state index contributed by atoms with van der Waals surface area (Å²) in [5, 5.41) is 0. The summed E-state index contributed by atoms with van der Waals surface area (Å²) < 4.78 is 7.85. The van der Waals surface area contributed by atoms with Crippen molar-refractivity contribution in [2.24, 2.45) is 0 Å². The molecule has 34 heavy (non-hydrogen) atoms. The van der Waals surface area contributed by atoms with Gasteiger partial charge in [0.05, 0.1) is 13.2 Å². The maximum absolute atomic E-state index is 5.76. The highest BCUT2D eigenvalue weighted by Crippen LogP contribution is 2.34. The number of fused-ring (bicyclic) bond motifs is 1. The normalized spacial score (nSPS) is 18.6. The Kier molecular flexibility index (Phi) is 6.46. The number of anilines is 3. The van der Waals surface area contributed by atoms with E-state index in [1.165, 1.54) is 0 Å². The van der Waals surface area contributed by atoms with E-state index >= 15 is 0 Å². The fourth-order valence-corrected chi connectivity index (χ4v) is 4.59. The van der Waals surface area contributed by atoms with Crippen LogP contribution in [0.25, 0.3) is 22.4 Å². The summed E-state index contributed by atoms with van der Waals surface area (Å²) in [5.74, 6) is 1.89. The number of hydrogen-bond donors (Lipinski definition) is 1. The number of morpholine rings is 1. The fourth-order valence-electron chi connectivity index (χ4n) is 4.59. The average Bonchev–Trinajstić information content (AvgIpc) is 3.28. The smallest absolute Gasteiger partial charge is 0.228 e. The van der Waals surface area contributed by atoms with Crippen LogP contribution in [-0.2, 0) is 4.74 Å². The summed E-state index contributed by atoms with van der Waals surface area (Å²) >= 11 is 0. The Balaban J connectivity index is 1.68. The monoisotopic (exact) mass is 466 g/mol. The number of piperazine rings is 1. The van der Waals surface area contributed by atoms with E-state index in [4.69, 9.17) is 25.4 Å². The van der Waals surface area contributed by atoms with Crippen molar-refractivity contribution in [1.29, 1.82) is 0 Å². The molecule has 5 rings (SSSR count). The quantitative estimate of drug-likeness (QED) is 0.577. The number of nitrogens with zero attached hydrogens (tertiary/aromatic N) is 9. The van der Waals surface area contributed by atoms with Gasteiger partial charge in [0.25, 0.3) is 0 Å². The van der Waals surface area contributed by atoms with Gasteiger partial charge in [-0.15, -0.1) is 0 Å². The van der Waals surface area contributed by atoms with Crippen molar-refractivity contribution in [2.45, 2.75) is 33.2 Å². The minimum atomic E-state index is 0.238. The van der Waals surface area contributed by atoms with Crippen molar-refractivity contribution in [3.63, 3.8) is 0 Å². The summed E-state index contributed by atoms with van der Waals surface area (Å²) in [6, 6.07) is 0.243. The van der Waals surface area contributed by atoms with E-state index in [1.54, 1.807) is 12.4 Å². The summed E-state index contributed by atoms with van der Waals surface area (Å²) in [4.78, 5) is 30.7. The number of aromatic nitrogens is 6. The largest absolute Gasteiger partial charge is 0.378 e. The molecule has 5 heterocycles. The number of ether oxygens (including phenoxy) is 1. The van der Waals surface area contributed by atoms with Gasteiger partial charge in [-0.1, -0.05) is 13.8 Å². The van der Waals surface area contributed by atoms with Gasteiger partial charge in [0, 0.05) is 63.3 Å². The van der Waals surface area contributed by atoms with E-state index in [0.717, 1.165) is 80.6 Å². The van der Waals surface area contributed by atoms with Gasteiger partial charge in [0.2, 0.25) is 17.8 Å². The van der Waals surface area contributed by atoms with E-state index in [9.17, 15) is 0 Å². The number of likely N-dealkylation sites (N-methyl/N-ethyl adjacent to an activating group) is 1. The molecule has 2 fully saturated rings. The molecule has 0 saturated carbocycles. The standard InChI is InChI=1S/C23H34N10O/c1-4-16(3)33-20-19(28-23(33)32-8-6-30(5-2)7-9-32)18(17-14-25-21(24)26-15-17)27-22(29-20)31-10-12-34-13-11-31/h14-16H,4-13H2,1-3H3,(H2,24,25,26). The Labute approximate surface area is 200 Å². The predicted molar refractivity (Wildman–Crippen MR) is 133 cm³/mol. The Morgan fingerprint density at radius 3 is 2.29 bits per heavy atom. The fraction of sp³-hybridized carbons (Fsp3) is 0.609. The molecule has 0 amide bonds. The molecule has 11 heteroatoms. The summed E-state index contributed by atoms with van der Waals surface area (Å²) in [7, 11) is 0. The second-order valence-electron chi connectivity index (χ2n) is 8.93. The number of nitrogens with two attached hydrogens (primary N) is 1. The van der Waals surface area contributed by atoms with Gasteiger partial charge in [-0.3, -0.25) is 4.57 Å². The van der Waals surface area contributed by atoms with E-state index in [2.05, 4.69) is 50.0 Å². The van der Waals surface area contributed by atoms with Crippen molar-refractivity contribution in [2.75, 3.05) is 74.6 Å². The molecule has 3 aromatic rings. The Morgan fingerprint density at radius 1 is 0.941 bits per heavy atom. The van der Waals surface area contributed by atoms with Crippen molar-refractivity contribution >= 4 is 29.0 Å². The Morgan fingerprint density at radius 2 is 1.65 bits per heavy atom. The van der Waals surface area contributed by atoms with Crippen LogP contribution in [0.4, 0.5) is 17.8 Å². The molecule has 182 valence electrons. The first-order valence-electron chi connectivity index (χ1n) is 12.3. The number of imidazole rings is 1. The second-order valence-corrected chi connectivity index (χ2v) is 8.93. The first kappa shape index (κ1) is 22.7. The number of nitrogen functional groups attached to an aromatic ring is 1. The van der Waals surface area contributed by atoms with E-state index < -0.39 is 0 Å². The lowest BCUT2D eigenvalue weighted by Gasteiger charge is -2.35. The van der Waals surface area contributed by atoms with Crippen LogP contribution in [0, 0.1) is 0 Å². The summed E-state index contributed by atoms with van der Waals surface area (Å²) in [6.45, 7) is 14.5. The van der Waals surface area contributed by atoms with Crippen LogP contribution >= 0.6 is 0 Å². The third kappa shape index (κ3) is 4.25. The van der Waals surface area contributed by atoms with E-state index in [1.807, 2.05) is 0 Å². The van der Waals surface area contributed by atoms with Gasteiger partial charge in [-0.05, 0) is 19.9 Å². The molecule has 2 saturated heterocycles. The minimum absolute atomic E-state index is 0.238. The third-order valence-corrected chi connectivity index (χ3v) is 6.88. The zero-order valence-electron chi connectivity index (χ0n) is 20.3. The molecular formula is C23H34N10O. The number of hydrogen-bond acceptors (Lipinski definition) is 10. The average molecular weight is 467 g/mol. The highest BCUT2D eigenvalue weighted by Gasteiger charge is 2.28. The number of rotatable bonds is 6. The highest BCUT2D eigenvalue weighted by atomic mass is 16.5. The van der Waals surface area contributed by atoms with Gasteiger partial charge in [0.15, 0.2) is 5.65 Å². The van der Waals surface area contributed by atoms with Crippen LogP contribution < -0.4 is 15.5 Å². The molecule has 2 N–H and O–H groups in total. The second kappa shape index (κ2) is 9.67. The van der Waals surface area contributed by atoms with Crippen LogP contribution in [0.15, 0.2) is 12.4 Å². The lowest BCUT2D eigenvalue weighted by molar-refractivity contribution is 0.122.